The number of H-pyrrole nitrogens is 1. The van der Waals surface area contributed by atoms with Crippen molar-refractivity contribution in [1.29, 1.82) is 0 Å². The lowest BCUT2D eigenvalue weighted by atomic mass is 9.99. The molecule has 2 N–H and O–H groups in total. The molecule has 2 heterocycles. The molecule has 0 saturated carbocycles. The average Bonchev–Trinajstić information content (AvgIpc) is 3.02. The first kappa shape index (κ1) is 16.9. The Kier molecular flexibility index (Phi) is 4.69. The predicted molar refractivity (Wildman–Crippen MR) is 89.8 cm³/mol. The van der Waals surface area contributed by atoms with E-state index in [0.717, 1.165) is 0 Å². The van der Waals surface area contributed by atoms with Crippen molar-refractivity contribution in [3.63, 3.8) is 0 Å². The molecule has 132 valence electrons. The third-order valence-electron chi connectivity index (χ3n) is 4.11. The van der Waals surface area contributed by atoms with Crippen molar-refractivity contribution in [2.45, 2.75) is 26.3 Å². The molecule has 25 heavy (non-hydrogen) atoms. The third-order valence-corrected chi connectivity index (χ3v) is 4.11. The molecule has 0 bridgehead atoms. The van der Waals surface area contributed by atoms with Crippen LogP contribution in [0.15, 0.2) is 33.6 Å². The Balaban J connectivity index is 1.88. The quantitative estimate of drug-likeness (QED) is 0.861. The third kappa shape index (κ3) is 3.62. The van der Waals surface area contributed by atoms with Crippen LogP contribution in [0.2, 0.25) is 0 Å². The maximum Gasteiger partial charge on any atom is 0.439 e. The van der Waals surface area contributed by atoms with Gasteiger partial charge in [0.15, 0.2) is 5.82 Å². The molecule has 3 rings (SSSR count). The Bertz CT molecular complexity index is 839. The minimum atomic E-state index is -0.656. The maximum absolute atomic E-state index is 13.0. The zero-order chi connectivity index (χ0) is 18.0. The number of benzene rings is 1. The average molecular weight is 344 g/mol. The highest BCUT2D eigenvalue weighted by molar-refractivity contribution is 5.99. The van der Waals surface area contributed by atoms with E-state index < -0.39 is 11.8 Å². The van der Waals surface area contributed by atoms with Crippen molar-refractivity contribution in [1.82, 2.24) is 20.4 Å². The van der Waals surface area contributed by atoms with E-state index in [-0.39, 0.29) is 23.6 Å². The van der Waals surface area contributed by atoms with Gasteiger partial charge in [0.05, 0.1) is 0 Å². The Morgan fingerprint density at radius 2 is 2.20 bits per heavy atom. The van der Waals surface area contributed by atoms with Crippen LogP contribution in [0, 0.1) is 5.92 Å². The largest absolute Gasteiger partial charge is 0.439 e. The second-order valence-corrected chi connectivity index (χ2v) is 6.46. The van der Waals surface area contributed by atoms with Crippen LogP contribution in [0.1, 0.15) is 30.6 Å². The SMILES string of the molecule is CC(C)C[C@H]1C(=O)NCCN1C(=O)c1cccc(-c2noc(=O)[nH]2)c1. The number of hydrogen-bond acceptors (Lipinski definition) is 5. The number of carbonyl (C=O) groups excluding carboxylic acids is 2. The van der Waals surface area contributed by atoms with E-state index in [1.54, 1.807) is 29.2 Å². The molecule has 1 saturated heterocycles. The summed E-state index contributed by atoms with van der Waals surface area (Å²) < 4.78 is 4.50. The summed E-state index contributed by atoms with van der Waals surface area (Å²) in [7, 11) is 0. The van der Waals surface area contributed by atoms with Gasteiger partial charge in [0.1, 0.15) is 6.04 Å². The van der Waals surface area contributed by atoms with E-state index in [9.17, 15) is 14.4 Å². The lowest BCUT2D eigenvalue weighted by Crippen LogP contribution is -2.57. The van der Waals surface area contributed by atoms with Gasteiger partial charge in [0, 0.05) is 24.2 Å². The summed E-state index contributed by atoms with van der Waals surface area (Å²) in [5.41, 5.74) is 1.00. The summed E-state index contributed by atoms with van der Waals surface area (Å²) in [6, 6.07) is 6.27. The highest BCUT2D eigenvalue weighted by Gasteiger charge is 2.33. The van der Waals surface area contributed by atoms with Gasteiger partial charge in [-0.3, -0.25) is 19.1 Å². The Labute approximate surface area is 144 Å². The van der Waals surface area contributed by atoms with Gasteiger partial charge in [-0.15, -0.1) is 0 Å². The van der Waals surface area contributed by atoms with Crippen molar-refractivity contribution < 1.29 is 14.1 Å². The van der Waals surface area contributed by atoms with Crippen LogP contribution in [0.25, 0.3) is 11.4 Å². The summed E-state index contributed by atoms with van der Waals surface area (Å²) in [5, 5.41) is 6.45. The molecule has 1 atom stereocenters. The number of nitrogens with zero attached hydrogens (tertiary/aromatic N) is 2. The zero-order valence-corrected chi connectivity index (χ0v) is 14.1. The Hall–Kier alpha value is -2.90. The molecule has 1 aromatic carbocycles. The van der Waals surface area contributed by atoms with Gasteiger partial charge in [-0.05, 0) is 24.5 Å². The highest BCUT2D eigenvalue weighted by Crippen LogP contribution is 2.20. The molecule has 2 amide bonds. The predicted octanol–water partition coefficient (Wildman–Crippen LogP) is 1.02. The summed E-state index contributed by atoms with van der Waals surface area (Å²) in [5.74, 6) is -0.444. The molecular weight excluding hydrogens is 324 g/mol. The van der Waals surface area contributed by atoms with Crippen molar-refractivity contribution >= 4 is 11.8 Å². The molecular formula is C17H20N4O4. The van der Waals surface area contributed by atoms with Crippen LogP contribution in [0.3, 0.4) is 0 Å². The maximum atomic E-state index is 13.0. The van der Waals surface area contributed by atoms with E-state index in [1.807, 2.05) is 13.8 Å². The Morgan fingerprint density at radius 3 is 2.88 bits per heavy atom. The summed E-state index contributed by atoms with van der Waals surface area (Å²) in [4.78, 5) is 40.3. The molecule has 8 nitrogen and oxygen atoms in total. The first-order valence-electron chi connectivity index (χ1n) is 8.21. The summed E-state index contributed by atoms with van der Waals surface area (Å²) in [6.07, 6.45) is 0.605. The number of aromatic nitrogens is 2. The van der Waals surface area contributed by atoms with Crippen LogP contribution >= 0.6 is 0 Å². The molecule has 0 unspecified atom stereocenters. The van der Waals surface area contributed by atoms with Gasteiger partial charge in [-0.25, -0.2) is 4.79 Å². The second kappa shape index (κ2) is 6.92. The van der Waals surface area contributed by atoms with E-state index in [2.05, 4.69) is 20.0 Å². The number of nitrogens with one attached hydrogen (secondary N) is 2. The molecule has 0 aliphatic carbocycles. The lowest BCUT2D eigenvalue weighted by molar-refractivity contribution is -0.128. The van der Waals surface area contributed by atoms with E-state index in [4.69, 9.17) is 0 Å². The van der Waals surface area contributed by atoms with Gasteiger partial charge in [-0.1, -0.05) is 31.1 Å². The second-order valence-electron chi connectivity index (χ2n) is 6.46. The van der Waals surface area contributed by atoms with Gasteiger partial charge in [0.25, 0.3) is 5.91 Å². The number of rotatable bonds is 4. The van der Waals surface area contributed by atoms with Gasteiger partial charge < -0.3 is 10.2 Å². The fraction of sp³-hybridized carbons (Fsp3) is 0.412. The lowest BCUT2D eigenvalue weighted by Gasteiger charge is -2.36. The molecule has 8 heteroatoms. The monoisotopic (exact) mass is 344 g/mol. The number of aromatic amines is 1. The van der Waals surface area contributed by atoms with Gasteiger partial charge in [-0.2, -0.15) is 0 Å². The van der Waals surface area contributed by atoms with Crippen LogP contribution < -0.4 is 11.1 Å². The van der Waals surface area contributed by atoms with Crippen LogP contribution in [0.5, 0.6) is 0 Å². The van der Waals surface area contributed by atoms with Crippen LogP contribution in [-0.2, 0) is 4.79 Å². The minimum absolute atomic E-state index is 0.120. The zero-order valence-electron chi connectivity index (χ0n) is 14.1. The number of amides is 2. The topological polar surface area (TPSA) is 108 Å². The normalized spacial score (nSPS) is 17.6. The van der Waals surface area contributed by atoms with Gasteiger partial charge in [0.2, 0.25) is 5.91 Å². The van der Waals surface area contributed by atoms with Crippen molar-refractivity contribution in [3.8, 4) is 11.4 Å². The van der Waals surface area contributed by atoms with Gasteiger partial charge >= 0.3 is 5.76 Å². The van der Waals surface area contributed by atoms with Crippen molar-refractivity contribution in [3.05, 3.63) is 40.4 Å². The van der Waals surface area contributed by atoms with Crippen molar-refractivity contribution in [2.75, 3.05) is 13.1 Å². The smallest absolute Gasteiger partial charge is 0.353 e. The van der Waals surface area contributed by atoms with Crippen molar-refractivity contribution in [2.24, 2.45) is 5.92 Å². The molecule has 1 fully saturated rings. The molecule has 1 aliphatic heterocycles. The Morgan fingerprint density at radius 1 is 1.40 bits per heavy atom. The minimum Gasteiger partial charge on any atom is -0.353 e. The highest BCUT2D eigenvalue weighted by atomic mass is 16.5. The number of carbonyl (C=O) groups is 2. The number of hydrogen-bond donors (Lipinski definition) is 2. The molecule has 2 aromatic rings. The summed E-state index contributed by atoms with van der Waals surface area (Å²) in [6.45, 7) is 4.95. The van der Waals surface area contributed by atoms with Crippen LogP contribution in [-0.4, -0.2) is 46.0 Å². The van der Waals surface area contributed by atoms with Crippen LogP contribution in [0.4, 0.5) is 0 Å². The standard InChI is InChI=1S/C17H20N4O4/c1-10(2)8-13-15(22)18-6-7-21(13)16(23)12-5-3-4-11(9-12)14-19-17(24)25-20-14/h3-5,9-10,13H,6-8H2,1-2H3,(H,18,22)(H,19,20,24)/t13-/m0/s1. The first-order valence-corrected chi connectivity index (χ1v) is 8.21. The summed E-state index contributed by atoms with van der Waals surface area (Å²) >= 11 is 0. The van der Waals surface area contributed by atoms with E-state index in [0.29, 0.717) is 30.6 Å². The fourth-order valence-electron chi connectivity index (χ4n) is 2.96. The number of piperazine rings is 1. The molecule has 0 radical (unpaired) electrons. The molecule has 0 spiro atoms. The van der Waals surface area contributed by atoms with E-state index in [1.165, 1.54) is 0 Å². The first-order chi connectivity index (χ1) is 12.0. The molecule has 1 aliphatic rings. The fourth-order valence-corrected chi connectivity index (χ4v) is 2.96. The van der Waals surface area contributed by atoms with E-state index >= 15 is 0 Å². The molecule has 1 aromatic heterocycles.